The first kappa shape index (κ1) is 9.44. The van der Waals surface area contributed by atoms with E-state index in [1.54, 1.807) is 6.92 Å². The highest BCUT2D eigenvalue weighted by atomic mass is 16.4. The summed E-state index contributed by atoms with van der Waals surface area (Å²) in [4.78, 5) is 18.5. The van der Waals surface area contributed by atoms with Crippen molar-refractivity contribution in [3.63, 3.8) is 0 Å². The number of carboxylic acid groups (broad SMARTS) is 1. The Balaban J connectivity index is 3.17. The molecule has 5 nitrogen and oxygen atoms in total. The van der Waals surface area contributed by atoms with Crippen LogP contribution in [0.25, 0.3) is 0 Å². The van der Waals surface area contributed by atoms with Gasteiger partial charge in [0.2, 0.25) is 0 Å². The Bertz CT molecular complexity index is 325. The second-order valence-corrected chi connectivity index (χ2v) is 2.52. The number of carboxylic acids is 1. The van der Waals surface area contributed by atoms with E-state index in [0.29, 0.717) is 18.1 Å². The largest absolute Gasteiger partial charge is 0.477 e. The van der Waals surface area contributed by atoms with Crippen LogP contribution >= 0.6 is 0 Å². The third-order valence-electron chi connectivity index (χ3n) is 1.59. The lowest BCUT2D eigenvalue weighted by Gasteiger charge is -2.06. The Hall–Kier alpha value is -1.65. The maximum absolute atomic E-state index is 10.8. The molecule has 0 atom stereocenters. The van der Waals surface area contributed by atoms with Crippen LogP contribution in [0.4, 0.5) is 5.82 Å². The van der Waals surface area contributed by atoms with Crippen molar-refractivity contribution < 1.29 is 9.90 Å². The van der Waals surface area contributed by atoms with Gasteiger partial charge in [0.05, 0.1) is 5.69 Å². The summed E-state index contributed by atoms with van der Waals surface area (Å²) in [5.41, 5.74) is 0.614. The topological polar surface area (TPSA) is 75.1 Å². The van der Waals surface area contributed by atoms with Gasteiger partial charge in [-0.25, -0.2) is 14.8 Å². The third-order valence-corrected chi connectivity index (χ3v) is 1.59. The third kappa shape index (κ3) is 1.93. The number of nitrogens with one attached hydrogen (secondary N) is 1. The minimum atomic E-state index is -1.01. The van der Waals surface area contributed by atoms with Crippen molar-refractivity contribution in [2.24, 2.45) is 0 Å². The first-order chi connectivity index (χ1) is 6.16. The lowest BCUT2D eigenvalue weighted by Crippen LogP contribution is -2.10. The normalized spacial score (nSPS) is 9.69. The fourth-order valence-electron chi connectivity index (χ4n) is 1.03. The Morgan fingerprint density at radius 1 is 1.62 bits per heavy atom. The number of aromatic carboxylic acids is 1. The molecular formula is C8H11N3O2. The molecular weight excluding hydrogens is 170 g/mol. The molecule has 0 fully saturated rings. The molecule has 0 spiro atoms. The van der Waals surface area contributed by atoms with Crippen molar-refractivity contribution in [2.45, 2.75) is 13.8 Å². The Morgan fingerprint density at radius 3 is 2.85 bits per heavy atom. The monoisotopic (exact) mass is 181 g/mol. The summed E-state index contributed by atoms with van der Waals surface area (Å²) in [6.07, 6.45) is 1.35. The van der Waals surface area contributed by atoms with Crippen LogP contribution < -0.4 is 5.32 Å². The van der Waals surface area contributed by atoms with Gasteiger partial charge in [0.25, 0.3) is 0 Å². The van der Waals surface area contributed by atoms with Gasteiger partial charge in [0.1, 0.15) is 17.7 Å². The average Bonchev–Trinajstić information content (AvgIpc) is 2.04. The van der Waals surface area contributed by atoms with E-state index in [-0.39, 0.29) is 5.56 Å². The lowest BCUT2D eigenvalue weighted by molar-refractivity contribution is 0.0696. The number of nitrogens with zero attached hydrogens (tertiary/aromatic N) is 2. The highest BCUT2D eigenvalue weighted by Gasteiger charge is 2.14. The van der Waals surface area contributed by atoms with Crippen LogP contribution in [0.2, 0.25) is 0 Å². The zero-order valence-corrected chi connectivity index (χ0v) is 7.53. The smallest absolute Gasteiger partial charge is 0.341 e. The van der Waals surface area contributed by atoms with Gasteiger partial charge in [-0.2, -0.15) is 0 Å². The quantitative estimate of drug-likeness (QED) is 0.725. The number of carbonyl (C=O) groups is 1. The highest BCUT2D eigenvalue weighted by molar-refractivity contribution is 5.94. The predicted octanol–water partition coefficient (Wildman–Crippen LogP) is 0.915. The molecule has 1 aromatic heterocycles. The number of hydrogen-bond donors (Lipinski definition) is 2. The number of aromatic nitrogens is 2. The number of aryl methyl sites for hydroxylation is 1. The van der Waals surface area contributed by atoms with Crippen LogP contribution in [-0.4, -0.2) is 27.6 Å². The molecule has 0 aliphatic carbocycles. The summed E-state index contributed by atoms with van der Waals surface area (Å²) in [5, 5.41) is 11.7. The standard InChI is InChI=1S/C8H11N3O2/c1-3-9-7-6(8(12)13)5(2)10-4-11-7/h4H,3H2,1-2H3,(H,12,13)(H,9,10,11). The van der Waals surface area contributed by atoms with Gasteiger partial charge >= 0.3 is 5.97 Å². The fraction of sp³-hybridized carbons (Fsp3) is 0.375. The maximum atomic E-state index is 10.8. The molecule has 0 aliphatic heterocycles. The van der Waals surface area contributed by atoms with Crippen molar-refractivity contribution in [3.8, 4) is 0 Å². The molecule has 0 saturated carbocycles. The van der Waals surface area contributed by atoms with E-state index in [0.717, 1.165) is 0 Å². The molecule has 1 aromatic rings. The van der Waals surface area contributed by atoms with E-state index in [4.69, 9.17) is 5.11 Å². The summed E-state index contributed by atoms with van der Waals surface area (Å²) in [5.74, 6) is -0.628. The van der Waals surface area contributed by atoms with Gasteiger partial charge in [-0.05, 0) is 13.8 Å². The molecule has 0 unspecified atom stereocenters. The average molecular weight is 181 g/mol. The van der Waals surface area contributed by atoms with E-state index in [2.05, 4.69) is 15.3 Å². The summed E-state index contributed by atoms with van der Waals surface area (Å²) in [7, 11) is 0. The van der Waals surface area contributed by atoms with Crippen molar-refractivity contribution >= 4 is 11.8 Å². The summed E-state index contributed by atoms with van der Waals surface area (Å²) < 4.78 is 0. The maximum Gasteiger partial charge on any atom is 0.341 e. The highest BCUT2D eigenvalue weighted by Crippen LogP contribution is 2.13. The lowest BCUT2D eigenvalue weighted by atomic mass is 10.2. The van der Waals surface area contributed by atoms with E-state index >= 15 is 0 Å². The van der Waals surface area contributed by atoms with Gasteiger partial charge in [-0.15, -0.1) is 0 Å². The van der Waals surface area contributed by atoms with Crippen molar-refractivity contribution in [3.05, 3.63) is 17.6 Å². The Morgan fingerprint density at radius 2 is 2.31 bits per heavy atom. The molecule has 0 bridgehead atoms. The Kier molecular flexibility index (Phi) is 2.79. The summed E-state index contributed by atoms with van der Waals surface area (Å²) in [6.45, 7) is 4.16. The van der Waals surface area contributed by atoms with Crippen LogP contribution in [-0.2, 0) is 0 Å². The predicted molar refractivity (Wildman–Crippen MR) is 47.9 cm³/mol. The first-order valence-electron chi connectivity index (χ1n) is 3.95. The van der Waals surface area contributed by atoms with Gasteiger partial charge in [0.15, 0.2) is 0 Å². The second-order valence-electron chi connectivity index (χ2n) is 2.52. The zero-order valence-electron chi connectivity index (χ0n) is 7.53. The van der Waals surface area contributed by atoms with Crippen LogP contribution in [0.1, 0.15) is 23.0 Å². The molecule has 1 rings (SSSR count). The molecule has 2 N–H and O–H groups in total. The molecule has 0 amide bonds. The molecule has 5 heteroatoms. The van der Waals surface area contributed by atoms with Crippen molar-refractivity contribution in [1.29, 1.82) is 0 Å². The van der Waals surface area contributed by atoms with Crippen LogP contribution in [0, 0.1) is 6.92 Å². The number of rotatable bonds is 3. The summed E-state index contributed by atoms with van der Waals surface area (Å²) in [6, 6.07) is 0. The molecule has 0 aliphatic rings. The van der Waals surface area contributed by atoms with Gasteiger partial charge in [-0.1, -0.05) is 0 Å². The van der Waals surface area contributed by atoms with Crippen LogP contribution in [0.5, 0.6) is 0 Å². The van der Waals surface area contributed by atoms with Crippen molar-refractivity contribution in [1.82, 2.24) is 9.97 Å². The fourth-order valence-corrected chi connectivity index (χ4v) is 1.03. The zero-order chi connectivity index (χ0) is 9.84. The molecule has 0 saturated heterocycles. The van der Waals surface area contributed by atoms with E-state index < -0.39 is 5.97 Å². The van der Waals surface area contributed by atoms with E-state index in [1.807, 2.05) is 6.92 Å². The first-order valence-corrected chi connectivity index (χ1v) is 3.95. The minimum Gasteiger partial charge on any atom is -0.477 e. The van der Waals surface area contributed by atoms with Gasteiger partial charge < -0.3 is 10.4 Å². The van der Waals surface area contributed by atoms with Gasteiger partial charge in [0, 0.05) is 6.54 Å². The molecule has 70 valence electrons. The molecule has 0 aromatic carbocycles. The molecule has 0 radical (unpaired) electrons. The molecule has 13 heavy (non-hydrogen) atoms. The van der Waals surface area contributed by atoms with E-state index in [9.17, 15) is 4.79 Å². The second kappa shape index (κ2) is 3.84. The van der Waals surface area contributed by atoms with Gasteiger partial charge in [-0.3, -0.25) is 0 Å². The number of hydrogen-bond acceptors (Lipinski definition) is 4. The minimum absolute atomic E-state index is 0.143. The summed E-state index contributed by atoms with van der Waals surface area (Å²) >= 11 is 0. The Labute approximate surface area is 75.8 Å². The number of anilines is 1. The SMILES string of the molecule is CCNc1ncnc(C)c1C(=O)O. The van der Waals surface area contributed by atoms with Crippen molar-refractivity contribution in [2.75, 3.05) is 11.9 Å². The molecule has 1 heterocycles. The van der Waals surface area contributed by atoms with Crippen LogP contribution in [0.3, 0.4) is 0 Å². The van der Waals surface area contributed by atoms with Crippen LogP contribution in [0.15, 0.2) is 6.33 Å². The van der Waals surface area contributed by atoms with E-state index in [1.165, 1.54) is 6.33 Å².